The van der Waals surface area contributed by atoms with Crippen LogP contribution in [0.4, 0.5) is 0 Å². The van der Waals surface area contributed by atoms with Crippen LogP contribution in [-0.4, -0.2) is 10.2 Å². The first-order chi connectivity index (χ1) is 9.27. The lowest BCUT2D eigenvalue weighted by molar-refractivity contribution is 0.275. The fourth-order valence-electron chi connectivity index (χ4n) is 2.38. The van der Waals surface area contributed by atoms with Crippen molar-refractivity contribution in [2.45, 2.75) is 71.3 Å². The highest BCUT2D eigenvalue weighted by atomic mass is 16.3. The van der Waals surface area contributed by atoms with Gasteiger partial charge in [-0.2, -0.15) is 0 Å². The van der Waals surface area contributed by atoms with Crippen LogP contribution in [0.2, 0.25) is 0 Å². The molecule has 2 nitrogen and oxygen atoms in total. The molecule has 0 aliphatic rings. The van der Waals surface area contributed by atoms with Gasteiger partial charge in [0.1, 0.15) is 5.75 Å². The standard InChI is InChI=1S/C17H28O2/c1-2-3-4-5-6-7-8-9-10-15-11-12-17(19)16(13-15)14-18/h11-13,18-19H,2-10,14H2,1H3. The highest BCUT2D eigenvalue weighted by Crippen LogP contribution is 2.20. The first kappa shape index (κ1) is 16.0. The summed E-state index contributed by atoms with van der Waals surface area (Å²) in [5.41, 5.74) is 1.85. The van der Waals surface area contributed by atoms with E-state index in [-0.39, 0.29) is 12.4 Å². The van der Waals surface area contributed by atoms with Crippen LogP contribution in [0, 0.1) is 0 Å². The molecule has 0 unspecified atom stereocenters. The highest BCUT2D eigenvalue weighted by Gasteiger charge is 2.01. The van der Waals surface area contributed by atoms with Gasteiger partial charge in [-0.1, -0.05) is 57.9 Å². The van der Waals surface area contributed by atoms with Crippen LogP contribution in [0.25, 0.3) is 0 Å². The number of rotatable bonds is 10. The minimum absolute atomic E-state index is 0.0862. The van der Waals surface area contributed by atoms with Crippen molar-refractivity contribution in [1.82, 2.24) is 0 Å². The third kappa shape index (κ3) is 6.63. The number of aromatic hydroxyl groups is 1. The Balaban J connectivity index is 2.12. The lowest BCUT2D eigenvalue weighted by atomic mass is 10.0. The number of phenols is 1. The van der Waals surface area contributed by atoms with Crippen LogP contribution < -0.4 is 0 Å². The van der Waals surface area contributed by atoms with E-state index in [9.17, 15) is 5.11 Å². The quantitative estimate of drug-likeness (QED) is 0.608. The van der Waals surface area contributed by atoms with Crippen molar-refractivity contribution in [2.75, 3.05) is 0 Å². The molecule has 108 valence electrons. The molecule has 1 rings (SSSR count). The maximum atomic E-state index is 9.49. The van der Waals surface area contributed by atoms with Crippen molar-refractivity contribution in [3.63, 3.8) is 0 Å². The van der Waals surface area contributed by atoms with Crippen LogP contribution in [0.15, 0.2) is 18.2 Å². The monoisotopic (exact) mass is 264 g/mol. The van der Waals surface area contributed by atoms with Gasteiger partial charge in [-0.3, -0.25) is 0 Å². The van der Waals surface area contributed by atoms with Gasteiger partial charge >= 0.3 is 0 Å². The molecule has 2 heteroatoms. The molecule has 0 aromatic heterocycles. The number of aliphatic hydroxyl groups is 1. The number of hydrogen-bond donors (Lipinski definition) is 2. The number of aryl methyl sites for hydroxylation is 1. The molecule has 0 bridgehead atoms. The van der Waals surface area contributed by atoms with Crippen LogP contribution in [0.3, 0.4) is 0 Å². The topological polar surface area (TPSA) is 40.5 Å². The van der Waals surface area contributed by atoms with E-state index in [0.717, 1.165) is 6.42 Å². The van der Waals surface area contributed by atoms with Crippen molar-refractivity contribution in [1.29, 1.82) is 0 Å². The summed E-state index contributed by atoms with van der Waals surface area (Å²) >= 11 is 0. The van der Waals surface area contributed by atoms with E-state index in [2.05, 4.69) is 6.92 Å². The largest absolute Gasteiger partial charge is 0.508 e. The molecule has 19 heavy (non-hydrogen) atoms. The molecule has 0 atom stereocenters. The first-order valence-corrected chi connectivity index (χ1v) is 7.69. The van der Waals surface area contributed by atoms with E-state index in [4.69, 9.17) is 5.11 Å². The van der Waals surface area contributed by atoms with Crippen molar-refractivity contribution < 1.29 is 10.2 Å². The number of benzene rings is 1. The van der Waals surface area contributed by atoms with E-state index in [0.29, 0.717) is 5.56 Å². The fraction of sp³-hybridized carbons (Fsp3) is 0.647. The molecule has 0 radical (unpaired) electrons. The second-order valence-electron chi connectivity index (χ2n) is 5.35. The molecule has 0 saturated carbocycles. The molecule has 0 fully saturated rings. The molecule has 1 aromatic carbocycles. The zero-order chi connectivity index (χ0) is 13.9. The predicted molar refractivity (Wildman–Crippen MR) is 80.3 cm³/mol. The number of aliphatic hydroxyl groups excluding tert-OH is 1. The summed E-state index contributed by atoms with van der Waals surface area (Å²) in [5.74, 6) is 0.196. The highest BCUT2D eigenvalue weighted by molar-refractivity contribution is 5.35. The van der Waals surface area contributed by atoms with Crippen LogP contribution in [0.5, 0.6) is 5.75 Å². The number of hydrogen-bond acceptors (Lipinski definition) is 2. The molecule has 0 aliphatic heterocycles. The molecule has 1 aromatic rings. The maximum Gasteiger partial charge on any atom is 0.121 e. The van der Waals surface area contributed by atoms with Gasteiger partial charge in [0, 0.05) is 5.56 Å². The summed E-state index contributed by atoms with van der Waals surface area (Å²) < 4.78 is 0. The SMILES string of the molecule is CCCCCCCCCCc1ccc(O)c(CO)c1. The van der Waals surface area contributed by atoms with E-state index in [1.807, 2.05) is 12.1 Å². The van der Waals surface area contributed by atoms with Crippen molar-refractivity contribution in [3.8, 4) is 5.75 Å². The Morgan fingerprint density at radius 2 is 1.53 bits per heavy atom. The minimum atomic E-state index is -0.0862. The Kier molecular flexibility index (Phi) is 8.31. The molecule has 0 saturated heterocycles. The summed E-state index contributed by atoms with van der Waals surface area (Å²) in [5, 5.41) is 18.6. The molecule has 0 amide bonds. The smallest absolute Gasteiger partial charge is 0.121 e. The van der Waals surface area contributed by atoms with Crippen molar-refractivity contribution in [2.24, 2.45) is 0 Å². The predicted octanol–water partition coefficient (Wildman–Crippen LogP) is 4.57. The lowest BCUT2D eigenvalue weighted by Crippen LogP contribution is -1.90. The lowest BCUT2D eigenvalue weighted by Gasteiger charge is -2.06. The molecule has 2 N–H and O–H groups in total. The van der Waals surface area contributed by atoms with E-state index in [1.54, 1.807) is 6.07 Å². The summed E-state index contributed by atoms with van der Waals surface area (Å²) in [7, 11) is 0. The van der Waals surface area contributed by atoms with Gasteiger partial charge in [-0.15, -0.1) is 0 Å². The van der Waals surface area contributed by atoms with Crippen molar-refractivity contribution in [3.05, 3.63) is 29.3 Å². The Labute approximate surface area is 117 Å². The average molecular weight is 264 g/mol. The van der Waals surface area contributed by atoms with Gasteiger partial charge in [-0.05, 0) is 30.5 Å². The second kappa shape index (κ2) is 9.85. The molecule has 0 aliphatic carbocycles. The molecular formula is C17H28O2. The Morgan fingerprint density at radius 3 is 2.16 bits per heavy atom. The van der Waals surface area contributed by atoms with Gasteiger partial charge in [0.05, 0.1) is 6.61 Å². The summed E-state index contributed by atoms with van der Waals surface area (Å²) in [6.07, 6.45) is 11.7. The molecule has 0 spiro atoms. The third-order valence-corrected chi connectivity index (χ3v) is 3.63. The normalized spacial score (nSPS) is 10.8. The second-order valence-corrected chi connectivity index (χ2v) is 5.35. The van der Waals surface area contributed by atoms with E-state index >= 15 is 0 Å². The molecular weight excluding hydrogens is 236 g/mol. The summed E-state index contributed by atoms with van der Waals surface area (Å²) in [6, 6.07) is 5.55. The van der Waals surface area contributed by atoms with Gasteiger partial charge in [0.2, 0.25) is 0 Å². The Hall–Kier alpha value is -1.02. The fourth-order valence-corrected chi connectivity index (χ4v) is 2.38. The van der Waals surface area contributed by atoms with Crippen LogP contribution in [-0.2, 0) is 13.0 Å². The van der Waals surface area contributed by atoms with Crippen molar-refractivity contribution >= 4 is 0 Å². The zero-order valence-corrected chi connectivity index (χ0v) is 12.2. The average Bonchev–Trinajstić information content (AvgIpc) is 2.43. The van der Waals surface area contributed by atoms with E-state index in [1.165, 1.54) is 56.9 Å². The number of unbranched alkanes of at least 4 members (excludes halogenated alkanes) is 7. The molecule has 0 heterocycles. The van der Waals surface area contributed by atoms with Gasteiger partial charge < -0.3 is 10.2 Å². The van der Waals surface area contributed by atoms with Crippen LogP contribution in [0.1, 0.15) is 69.4 Å². The van der Waals surface area contributed by atoms with Gasteiger partial charge in [0.15, 0.2) is 0 Å². The summed E-state index contributed by atoms with van der Waals surface area (Å²) in [4.78, 5) is 0. The van der Waals surface area contributed by atoms with E-state index < -0.39 is 0 Å². The zero-order valence-electron chi connectivity index (χ0n) is 12.2. The third-order valence-electron chi connectivity index (χ3n) is 3.63. The van der Waals surface area contributed by atoms with Gasteiger partial charge in [-0.25, -0.2) is 0 Å². The van der Waals surface area contributed by atoms with Crippen LogP contribution >= 0.6 is 0 Å². The Morgan fingerprint density at radius 1 is 0.895 bits per heavy atom. The maximum absolute atomic E-state index is 9.49. The minimum Gasteiger partial charge on any atom is -0.508 e. The summed E-state index contributed by atoms with van der Waals surface area (Å²) in [6.45, 7) is 2.16. The first-order valence-electron chi connectivity index (χ1n) is 7.69. The van der Waals surface area contributed by atoms with Gasteiger partial charge in [0.25, 0.3) is 0 Å². The Bertz CT molecular complexity index is 347.